The maximum atomic E-state index is 13.1. The molecule has 10 nitrogen and oxygen atoms in total. The molecule has 0 radical (unpaired) electrons. The molecule has 2 N–H and O–H groups in total. The number of aromatic nitrogens is 4. The minimum absolute atomic E-state index is 0.164. The number of nitrogens with zero attached hydrogens (tertiary/aromatic N) is 5. The van der Waals surface area contributed by atoms with E-state index in [4.69, 9.17) is 4.74 Å². The van der Waals surface area contributed by atoms with Gasteiger partial charge in [0.2, 0.25) is 11.9 Å². The zero-order valence-corrected chi connectivity index (χ0v) is 22.0. The molecule has 1 aliphatic heterocycles. The number of carbonyl (C=O) groups is 2. The van der Waals surface area contributed by atoms with Crippen LogP contribution in [0.2, 0.25) is 0 Å². The first-order valence-electron chi connectivity index (χ1n) is 12.9. The number of ether oxygens (including phenoxy) is 1. The van der Waals surface area contributed by atoms with Crippen LogP contribution in [0.3, 0.4) is 0 Å². The molecule has 0 bridgehead atoms. The second-order valence-electron chi connectivity index (χ2n) is 10.9. The fraction of sp³-hybridized carbons (Fsp3) is 0.444. The van der Waals surface area contributed by atoms with Crippen LogP contribution in [0.15, 0.2) is 48.9 Å². The molecule has 1 aromatic carbocycles. The van der Waals surface area contributed by atoms with E-state index >= 15 is 0 Å². The molecule has 1 atom stereocenters. The van der Waals surface area contributed by atoms with Crippen molar-refractivity contribution in [1.82, 2.24) is 24.6 Å². The number of amides is 2. The molecule has 0 spiro atoms. The number of rotatable bonds is 6. The lowest BCUT2D eigenvalue weighted by Gasteiger charge is -2.33. The third kappa shape index (κ3) is 6.50. The maximum absolute atomic E-state index is 13.1. The van der Waals surface area contributed by atoms with E-state index in [1.54, 1.807) is 47.6 Å². The summed E-state index contributed by atoms with van der Waals surface area (Å²) in [5.74, 6) is -4.43. The first-order chi connectivity index (χ1) is 18.5. The second-order valence-corrected chi connectivity index (χ2v) is 10.9. The Morgan fingerprint density at radius 3 is 2.41 bits per heavy atom. The number of halogens is 2. The van der Waals surface area contributed by atoms with Crippen LogP contribution >= 0.6 is 0 Å². The van der Waals surface area contributed by atoms with Crippen molar-refractivity contribution in [2.45, 2.75) is 57.6 Å². The summed E-state index contributed by atoms with van der Waals surface area (Å²) in [5.41, 5.74) is 2.10. The van der Waals surface area contributed by atoms with E-state index in [2.05, 4.69) is 25.7 Å². The number of hydrogen-bond acceptors (Lipinski definition) is 7. The van der Waals surface area contributed by atoms with Crippen LogP contribution in [0.4, 0.5) is 30.9 Å². The van der Waals surface area contributed by atoms with Crippen molar-refractivity contribution < 1.29 is 23.1 Å². The zero-order chi connectivity index (χ0) is 27.8. The third-order valence-corrected chi connectivity index (χ3v) is 6.59. The third-order valence-electron chi connectivity index (χ3n) is 6.59. The predicted molar refractivity (Wildman–Crippen MR) is 141 cm³/mol. The summed E-state index contributed by atoms with van der Waals surface area (Å²) in [6.07, 6.45) is 6.08. The number of carbonyl (C=O) groups excluding carboxylic acids is 2. The molecule has 2 aliphatic rings. The van der Waals surface area contributed by atoms with Gasteiger partial charge in [-0.25, -0.2) is 23.5 Å². The van der Waals surface area contributed by atoms with E-state index in [1.807, 2.05) is 31.6 Å². The van der Waals surface area contributed by atoms with Crippen molar-refractivity contribution in [3.63, 3.8) is 0 Å². The fourth-order valence-electron chi connectivity index (χ4n) is 4.40. The van der Waals surface area contributed by atoms with Crippen LogP contribution in [0, 0.1) is 5.92 Å². The van der Waals surface area contributed by atoms with Gasteiger partial charge in [-0.1, -0.05) is 12.1 Å². The predicted octanol–water partition coefficient (Wildman–Crippen LogP) is 5.25. The van der Waals surface area contributed by atoms with E-state index in [1.165, 1.54) is 0 Å². The highest BCUT2D eigenvalue weighted by atomic mass is 19.3. The topological polar surface area (TPSA) is 114 Å². The van der Waals surface area contributed by atoms with Crippen LogP contribution in [0.1, 0.15) is 46.1 Å². The highest BCUT2D eigenvalue weighted by Gasteiger charge is 2.61. The van der Waals surface area contributed by atoms with Gasteiger partial charge < -0.3 is 20.3 Å². The minimum Gasteiger partial charge on any atom is -0.444 e. The van der Waals surface area contributed by atoms with Gasteiger partial charge >= 0.3 is 6.09 Å². The summed E-state index contributed by atoms with van der Waals surface area (Å²) < 4.78 is 33.6. The number of hydrogen-bond donors (Lipinski definition) is 2. The number of nitrogens with one attached hydrogen (secondary N) is 2. The Hall–Kier alpha value is -4.09. The molecule has 12 heteroatoms. The molecule has 5 rings (SSSR count). The molecular formula is C27H31F2N7O3. The lowest BCUT2D eigenvalue weighted by Crippen LogP contribution is -2.42. The van der Waals surface area contributed by atoms with Crippen LogP contribution in [-0.2, 0) is 9.53 Å². The highest BCUT2D eigenvalue weighted by Crippen LogP contribution is 2.49. The molecule has 2 fully saturated rings. The van der Waals surface area contributed by atoms with Crippen LogP contribution < -0.4 is 10.6 Å². The fourth-order valence-corrected chi connectivity index (χ4v) is 4.40. The molecule has 0 unspecified atom stereocenters. The molecular weight excluding hydrogens is 508 g/mol. The number of likely N-dealkylation sites (tertiary alicyclic amines) is 1. The second kappa shape index (κ2) is 10.2. The largest absolute Gasteiger partial charge is 0.444 e. The summed E-state index contributed by atoms with van der Waals surface area (Å²) in [6, 6.07) is 8.74. The summed E-state index contributed by atoms with van der Waals surface area (Å²) in [6.45, 7) is 6.77. The van der Waals surface area contributed by atoms with Crippen molar-refractivity contribution in [2.75, 3.05) is 23.7 Å². The summed E-state index contributed by atoms with van der Waals surface area (Å²) >= 11 is 0. The van der Waals surface area contributed by atoms with E-state index in [0.29, 0.717) is 30.4 Å². The van der Waals surface area contributed by atoms with Gasteiger partial charge in [-0.15, -0.1) is 0 Å². The van der Waals surface area contributed by atoms with E-state index < -0.39 is 29.8 Å². The van der Waals surface area contributed by atoms with Gasteiger partial charge in [-0.2, -0.15) is 5.10 Å². The van der Waals surface area contributed by atoms with Crippen LogP contribution in [0.5, 0.6) is 0 Å². The Morgan fingerprint density at radius 2 is 1.77 bits per heavy atom. The molecule has 2 aromatic heterocycles. The van der Waals surface area contributed by atoms with E-state index in [9.17, 15) is 18.4 Å². The molecule has 3 heterocycles. The van der Waals surface area contributed by atoms with Gasteiger partial charge in [0.25, 0.3) is 5.92 Å². The summed E-state index contributed by atoms with van der Waals surface area (Å²) in [5, 5.41) is 10.2. The number of alkyl halides is 2. The van der Waals surface area contributed by atoms with Gasteiger partial charge in [0.1, 0.15) is 11.5 Å². The number of benzene rings is 1. The first kappa shape index (κ1) is 26.5. The van der Waals surface area contributed by atoms with Gasteiger partial charge in [-0.05, 0) is 51.8 Å². The van der Waals surface area contributed by atoms with Crippen molar-refractivity contribution in [2.24, 2.45) is 5.92 Å². The van der Waals surface area contributed by atoms with Crippen molar-refractivity contribution >= 4 is 29.3 Å². The molecule has 1 aliphatic carbocycles. The Morgan fingerprint density at radius 1 is 1.08 bits per heavy atom. The Kier molecular flexibility index (Phi) is 6.96. The number of anilines is 3. The Labute approximate surface area is 224 Å². The molecule has 1 saturated carbocycles. The van der Waals surface area contributed by atoms with Gasteiger partial charge in [0, 0.05) is 43.2 Å². The van der Waals surface area contributed by atoms with Crippen molar-refractivity contribution in [3.8, 4) is 11.3 Å². The molecule has 3 aromatic rings. The summed E-state index contributed by atoms with van der Waals surface area (Å²) in [4.78, 5) is 34.8. The van der Waals surface area contributed by atoms with E-state index in [-0.39, 0.29) is 12.1 Å². The smallest absolute Gasteiger partial charge is 0.410 e. The quantitative estimate of drug-likeness (QED) is 0.440. The Bertz CT molecular complexity index is 1350. The average Bonchev–Trinajstić information content (AvgIpc) is 3.29. The summed E-state index contributed by atoms with van der Waals surface area (Å²) in [7, 11) is 0. The lowest BCUT2D eigenvalue weighted by molar-refractivity contribution is -0.119. The minimum atomic E-state index is -2.90. The van der Waals surface area contributed by atoms with Crippen molar-refractivity contribution in [3.05, 3.63) is 48.9 Å². The van der Waals surface area contributed by atoms with Crippen LogP contribution in [-0.4, -0.2) is 61.3 Å². The number of piperidine rings is 1. The van der Waals surface area contributed by atoms with Crippen molar-refractivity contribution in [1.29, 1.82) is 0 Å². The van der Waals surface area contributed by atoms with Gasteiger partial charge in [0.15, 0.2) is 0 Å². The van der Waals surface area contributed by atoms with E-state index in [0.717, 1.165) is 24.1 Å². The normalized spacial score (nSPS) is 18.9. The van der Waals surface area contributed by atoms with Gasteiger partial charge in [-0.3, -0.25) is 9.48 Å². The Balaban J connectivity index is 1.16. The SMILES string of the molecule is CC(C)(C)OC(=O)N1CCC(n2cc(Nc3nccc(-c4ccc(NC(=O)[C@@H]5CC5(F)F)cc4)n3)cn2)CC1. The van der Waals surface area contributed by atoms with Crippen LogP contribution in [0.25, 0.3) is 11.3 Å². The average molecular weight is 540 g/mol. The maximum Gasteiger partial charge on any atom is 0.410 e. The zero-order valence-electron chi connectivity index (χ0n) is 22.0. The molecule has 39 heavy (non-hydrogen) atoms. The molecule has 2 amide bonds. The highest BCUT2D eigenvalue weighted by molar-refractivity contribution is 5.95. The van der Waals surface area contributed by atoms with Gasteiger partial charge in [0.05, 0.1) is 23.6 Å². The first-order valence-corrected chi connectivity index (χ1v) is 12.9. The molecule has 206 valence electrons. The standard InChI is InChI=1S/C27H31F2N7O3/c1-26(2,3)39-25(38)35-12-9-20(10-13-35)36-16-19(15-31-36)33-24-30-11-8-22(34-24)17-4-6-18(7-5-17)32-23(37)21-14-27(21,28)29/h4-8,11,15-16,20-21H,9-10,12-14H2,1-3H3,(H,32,37)(H,30,33,34)/t21-/m0/s1. The lowest BCUT2D eigenvalue weighted by atomic mass is 10.1. The monoisotopic (exact) mass is 539 g/mol. The molecule has 1 saturated heterocycles.